The zero-order valence-electron chi connectivity index (χ0n) is 11.9. The summed E-state index contributed by atoms with van der Waals surface area (Å²) in [6, 6.07) is 3.66. The second-order valence-corrected chi connectivity index (χ2v) is 4.55. The Bertz CT molecular complexity index is 667. The lowest BCUT2D eigenvalue weighted by atomic mass is 10.1. The van der Waals surface area contributed by atoms with E-state index in [1.165, 1.54) is 16.9 Å². The second kappa shape index (κ2) is 6.08. The highest BCUT2D eigenvalue weighted by atomic mass is 19.4. The second-order valence-electron chi connectivity index (χ2n) is 4.55. The summed E-state index contributed by atoms with van der Waals surface area (Å²) in [5.74, 6) is -0.895. The van der Waals surface area contributed by atoms with Crippen LogP contribution in [0, 0.1) is 6.92 Å². The molecule has 22 heavy (non-hydrogen) atoms. The number of aromatic nitrogens is 2. The van der Waals surface area contributed by atoms with E-state index < -0.39 is 17.6 Å². The van der Waals surface area contributed by atoms with Crippen molar-refractivity contribution >= 4 is 11.6 Å². The van der Waals surface area contributed by atoms with Gasteiger partial charge in [-0.2, -0.15) is 18.3 Å². The van der Waals surface area contributed by atoms with Gasteiger partial charge in [-0.1, -0.05) is 0 Å². The van der Waals surface area contributed by atoms with Gasteiger partial charge >= 0.3 is 6.18 Å². The largest absolute Gasteiger partial charge is 0.496 e. The van der Waals surface area contributed by atoms with Gasteiger partial charge in [-0.05, 0) is 30.7 Å². The van der Waals surface area contributed by atoms with Crippen molar-refractivity contribution in [1.82, 2.24) is 15.1 Å². The van der Waals surface area contributed by atoms with E-state index in [0.717, 1.165) is 13.2 Å². The van der Waals surface area contributed by atoms with E-state index >= 15 is 0 Å². The molecule has 2 rings (SSSR count). The molecule has 0 N–H and O–H groups in total. The summed E-state index contributed by atoms with van der Waals surface area (Å²) in [7, 11) is 1.16. The fourth-order valence-electron chi connectivity index (χ4n) is 1.88. The van der Waals surface area contributed by atoms with Crippen molar-refractivity contribution in [2.45, 2.75) is 19.6 Å². The van der Waals surface area contributed by atoms with Crippen molar-refractivity contribution in [3.05, 3.63) is 41.7 Å². The molecule has 0 atom stereocenters. The number of aryl methyl sites for hydroxylation is 1. The smallest absolute Gasteiger partial charge is 0.420 e. The van der Waals surface area contributed by atoms with Crippen LogP contribution in [0.5, 0.6) is 5.75 Å². The average molecular weight is 312 g/mol. The number of halogens is 3. The van der Waals surface area contributed by atoms with Crippen LogP contribution < -0.4 is 10.1 Å². The molecule has 1 radical (unpaired) electrons. The minimum absolute atomic E-state index is 0.0368. The third kappa shape index (κ3) is 3.57. The monoisotopic (exact) mass is 312 g/mol. The van der Waals surface area contributed by atoms with Crippen LogP contribution in [0.1, 0.15) is 11.1 Å². The fourth-order valence-corrected chi connectivity index (χ4v) is 1.88. The number of benzene rings is 1. The van der Waals surface area contributed by atoms with Crippen LogP contribution in [0.3, 0.4) is 0 Å². The van der Waals surface area contributed by atoms with E-state index in [-0.39, 0.29) is 18.0 Å². The highest BCUT2D eigenvalue weighted by Gasteiger charge is 2.35. The van der Waals surface area contributed by atoms with E-state index in [0.29, 0.717) is 5.56 Å². The van der Waals surface area contributed by atoms with Gasteiger partial charge in [-0.3, -0.25) is 9.48 Å². The Balaban J connectivity index is 2.25. The van der Waals surface area contributed by atoms with Gasteiger partial charge < -0.3 is 4.74 Å². The van der Waals surface area contributed by atoms with Gasteiger partial charge in [-0.25, -0.2) is 5.32 Å². The van der Waals surface area contributed by atoms with Crippen molar-refractivity contribution in [1.29, 1.82) is 0 Å². The van der Waals surface area contributed by atoms with Gasteiger partial charge in [0.2, 0.25) is 0 Å². The SMILES string of the molecule is COc1cc(C)c([N]C(=O)Cn2cccn2)cc1C(F)(F)F. The van der Waals surface area contributed by atoms with Crippen LogP contribution in [-0.4, -0.2) is 22.8 Å². The highest BCUT2D eigenvalue weighted by Crippen LogP contribution is 2.39. The van der Waals surface area contributed by atoms with Crippen molar-refractivity contribution in [2.24, 2.45) is 0 Å². The summed E-state index contributed by atoms with van der Waals surface area (Å²) in [6.45, 7) is 1.42. The van der Waals surface area contributed by atoms with Crippen molar-refractivity contribution in [3.8, 4) is 5.75 Å². The molecule has 5 nitrogen and oxygen atoms in total. The number of nitrogens with zero attached hydrogens (tertiary/aromatic N) is 3. The molecule has 0 aliphatic rings. The first-order valence-corrected chi connectivity index (χ1v) is 6.29. The molecule has 2 aromatic rings. The van der Waals surface area contributed by atoms with Gasteiger partial charge in [0, 0.05) is 12.4 Å². The first kappa shape index (κ1) is 15.9. The summed E-state index contributed by atoms with van der Waals surface area (Å²) < 4.78 is 45.0. The number of hydrogen-bond acceptors (Lipinski definition) is 3. The molecule has 0 spiro atoms. The standard InChI is InChI=1S/C14H13F3N3O2/c1-9-6-12(22-2)10(14(15,16)17)7-11(9)19-13(21)8-20-5-3-4-18-20/h3-7H,8H2,1-2H3. The lowest BCUT2D eigenvalue weighted by Gasteiger charge is -2.15. The van der Waals surface area contributed by atoms with Crippen molar-refractivity contribution in [3.63, 3.8) is 0 Å². The van der Waals surface area contributed by atoms with Gasteiger partial charge in [0.25, 0.3) is 5.91 Å². The van der Waals surface area contributed by atoms with Gasteiger partial charge in [0.05, 0.1) is 18.4 Å². The number of ether oxygens (including phenoxy) is 1. The molecule has 117 valence electrons. The van der Waals surface area contributed by atoms with E-state index in [2.05, 4.69) is 10.4 Å². The molecular formula is C14H13F3N3O2. The summed E-state index contributed by atoms with van der Waals surface area (Å²) in [4.78, 5) is 11.8. The number of rotatable bonds is 4. The number of carbonyl (C=O) groups is 1. The number of methoxy groups -OCH3 is 1. The normalized spacial score (nSPS) is 11.3. The van der Waals surface area contributed by atoms with Crippen LogP contribution in [-0.2, 0) is 17.5 Å². The maximum Gasteiger partial charge on any atom is 0.420 e. The van der Waals surface area contributed by atoms with E-state index in [1.807, 2.05) is 0 Å². The summed E-state index contributed by atoms with van der Waals surface area (Å²) in [5, 5.41) is 7.57. The molecule has 1 amide bonds. The van der Waals surface area contributed by atoms with Crippen molar-refractivity contribution in [2.75, 3.05) is 7.11 Å². The van der Waals surface area contributed by atoms with Crippen LogP contribution >= 0.6 is 0 Å². The molecule has 0 aliphatic carbocycles. The molecule has 1 aromatic carbocycles. The predicted octanol–water partition coefficient (Wildman–Crippen LogP) is 2.68. The molecule has 1 heterocycles. The molecule has 0 aliphatic heterocycles. The predicted molar refractivity (Wildman–Crippen MR) is 71.8 cm³/mol. The maximum absolute atomic E-state index is 13.0. The molecular weight excluding hydrogens is 299 g/mol. The molecule has 8 heteroatoms. The van der Waals surface area contributed by atoms with Gasteiger partial charge in [0.1, 0.15) is 12.3 Å². The quantitative estimate of drug-likeness (QED) is 0.872. The van der Waals surface area contributed by atoms with Gasteiger partial charge in [0.15, 0.2) is 0 Å². The maximum atomic E-state index is 13.0. The third-order valence-electron chi connectivity index (χ3n) is 2.93. The molecule has 0 bridgehead atoms. The molecule has 0 fully saturated rings. The van der Waals surface area contributed by atoms with Crippen LogP contribution in [0.2, 0.25) is 0 Å². The lowest BCUT2D eigenvalue weighted by molar-refractivity contribution is -0.138. The van der Waals surface area contributed by atoms with E-state index in [4.69, 9.17) is 4.74 Å². The van der Waals surface area contributed by atoms with Crippen LogP contribution in [0.25, 0.3) is 0 Å². The fraction of sp³-hybridized carbons (Fsp3) is 0.286. The highest BCUT2D eigenvalue weighted by molar-refractivity contribution is 5.81. The average Bonchev–Trinajstić information content (AvgIpc) is 2.92. The first-order valence-electron chi connectivity index (χ1n) is 6.29. The third-order valence-corrected chi connectivity index (χ3v) is 2.93. The molecule has 0 unspecified atom stereocenters. The summed E-state index contributed by atoms with van der Waals surface area (Å²) in [6.07, 6.45) is -1.53. The Kier molecular flexibility index (Phi) is 4.39. The van der Waals surface area contributed by atoms with Crippen LogP contribution in [0.4, 0.5) is 18.9 Å². The molecule has 0 saturated carbocycles. The lowest BCUT2D eigenvalue weighted by Crippen LogP contribution is -2.19. The zero-order chi connectivity index (χ0) is 16.3. The Morgan fingerprint density at radius 3 is 2.68 bits per heavy atom. The number of carbonyl (C=O) groups excluding carboxylic acids is 1. The Morgan fingerprint density at radius 1 is 1.41 bits per heavy atom. The van der Waals surface area contributed by atoms with E-state index in [9.17, 15) is 18.0 Å². The molecule has 0 saturated heterocycles. The summed E-state index contributed by atoms with van der Waals surface area (Å²) in [5.41, 5.74) is -0.588. The molecule has 1 aromatic heterocycles. The Morgan fingerprint density at radius 2 is 2.14 bits per heavy atom. The first-order chi connectivity index (χ1) is 10.3. The Hall–Kier alpha value is -2.51. The number of amides is 1. The van der Waals surface area contributed by atoms with Gasteiger partial charge in [-0.15, -0.1) is 0 Å². The minimum Gasteiger partial charge on any atom is -0.496 e. The number of hydrogen-bond donors (Lipinski definition) is 0. The van der Waals surface area contributed by atoms with Crippen molar-refractivity contribution < 1.29 is 22.7 Å². The topological polar surface area (TPSA) is 58.2 Å². The Labute approximate surface area is 124 Å². The number of alkyl halides is 3. The summed E-state index contributed by atoms with van der Waals surface area (Å²) >= 11 is 0. The van der Waals surface area contributed by atoms with Crippen LogP contribution in [0.15, 0.2) is 30.6 Å². The minimum atomic E-state index is -4.59. The van der Waals surface area contributed by atoms with E-state index in [1.54, 1.807) is 19.2 Å². The zero-order valence-corrected chi connectivity index (χ0v) is 11.9.